The van der Waals surface area contributed by atoms with E-state index in [1.165, 1.54) is 20.0 Å². The summed E-state index contributed by atoms with van der Waals surface area (Å²) in [4.78, 5) is 20.1. The molecule has 1 heterocycles. The van der Waals surface area contributed by atoms with Gasteiger partial charge < -0.3 is 20.1 Å². The first-order valence-corrected chi connectivity index (χ1v) is 13.0. The summed E-state index contributed by atoms with van der Waals surface area (Å²) in [6.07, 6.45) is 6.20. The lowest BCUT2D eigenvalue weighted by molar-refractivity contribution is 0.0940. The van der Waals surface area contributed by atoms with Crippen molar-refractivity contribution in [2.24, 2.45) is 11.8 Å². The number of hydrogen-bond acceptors (Lipinski definition) is 6. The predicted octanol–water partition coefficient (Wildman–Crippen LogP) is 6.64. The molecule has 0 saturated heterocycles. The standard InChI is InChI=1S/C29H36ClN3O3/c1-17(2)28(34)23-15-31-25-11-8-19(20-13-24(30)29(35)26(14-20)36-5)12-22(25)27(23)32-21-9-6-18(7-10-21)16-33(3)4/h8,11-15,17-18,21,35H,6-7,9-10,16H2,1-5H3,(H,31,32). The zero-order chi connectivity index (χ0) is 26.0. The third kappa shape index (κ3) is 5.60. The largest absolute Gasteiger partial charge is 0.503 e. The van der Waals surface area contributed by atoms with E-state index in [1.807, 2.05) is 32.0 Å². The van der Waals surface area contributed by atoms with Crippen LogP contribution >= 0.6 is 11.6 Å². The fourth-order valence-electron chi connectivity index (χ4n) is 5.13. The average molecular weight is 510 g/mol. The minimum Gasteiger partial charge on any atom is -0.503 e. The third-order valence-corrected chi connectivity index (χ3v) is 7.35. The maximum Gasteiger partial charge on any atom is 0.176 e. The molecule has 1 aliphatic rings. The van der Waals surface area contributed by atoms with Gasteiger partial charge in [0.2, 0.25) is 0 Å². The Morgan fingerprint density at radius 2 is 1.89 bits per heavy atom. The number of carbonyl (C=O) groups excluding carboxylic acids is 1. The molecule has 0 unspecified atom stereocenters. The number of anilines is 1. The first-order valence-electron chi connectivity index (χ1n) is 12.6. The number of ether oxygens (including phenoxy) is 1. The number of phenolic OH excluding ortho intramolecular Hbond substituents is 1. The number of pyridine rings is 1. The number of phenols is 1. The minimum atomic E-state index is -0.135. The van der Waals surface area contributed by atoms with Crippen molar-refractivity contribution in [3.63, 3.8) is 0 Å². The van der Waals surface area contributed by atoms with Gasteiger partial charge in [-0.15, -0.1) is 0 Å². The van der Waals surface area contributed by atoms with Crippen molar-refractivity contribution >= 4 is 34.0 Å². The quantitative estimate of drug-likeness (QED) is 0.331. The Hall–Kier alpha value is -2.83. The molecule has 0 aliphatic heterocycles. The monoisotopic (exact) mass is 509 g/mol. The molecular weight excluding hydrogens is 474 g/mol. The Morgan fingerprint density at radius 1 is 1.17 bits per heavy atom. The van der Waals surface area contributed by atoms with Crippen LogP contribution in [0.4, 0.5) is 5.69 Å². The maximum absolute atomic E-state index is 13.2. The minimum absolute atomic E-state index is 0.0768. The summed E-state index contributed by atoms with van der Waals surface area (Å²) in [5.74, 6) is 0.886. The molecule has 1 fully saturated rings. The van der Waals surface area contributed by atoms with E-state index in [0.717, 1.165) is 47.1 Å². The molecule has 0 radical (unpaired) electrons. The van der Waals surface area contributed by atoms with Gasteiger partial charge >= 0.3 is 0 Å². The molecule has 0 atom stereocenters. The number of halogens is 1. The predicted molar refractivity (Wildman–Crippen MR) is 147 cm³/mol. The van der Waals surface area contributed by atoms with Crippen LogP contribution in [0.2, 0.25) is 5.02 Å². The van der Waals surface area contributed by atoms with Crippen LogP contribution in [0.5, 0.6) is 11.5 Å². The molecular formula is C29H36ClN3O3. The number of nitrogens with zero attached hydrogens (tertiary/aromatic N) is 2. The Morgan fingerprint density at radius 3 is 2.53 bits per heavy atom. The van der Waals surface area contributed by atoms with Gasteiger partial charge in [-0.1, -0.05) is 31.5 Å². The van der Waals surface area contributed by atoms with Gasteiger partial charge in [0.15, 0.2) is 17.3 Å². The van der Waals surface area contributed by atoms with E-state index < -0.39 is 0 Å². The van der Waals surface area contributed by atoms with Crippen LogP contribution in [0, 0.1) is 11.8 Å². The highest BCUT2D eigenvalue weighted by Gasteiger charge is 2.25. The molecule has 3 aromatic rings. The highest BCUT2D eigenvalue weighted by Crippen LogP contribution is 2.40. The van der Waals surface area contributed by atoms with Crippen LogP contribution in [-0.4, -0.2) is 54.6 Å². The highest BCUT2D eigenvalue weighted by molar-refractivity contribution is 6.32. The van der Waals surface area contributed by atoms with Gasteiger partial charge in [0, 0.05) is 30.1 Å². The Balaban J connectivity index is 1.75. The van der Waals surface area contributed by atoms with Crippen LogP contribution in [0.25, 0.3) is 22.0 Å². The molecule has 2 aromatic carbocycles. The van der Waals surface area contributed by atoms with Crippen molar-refractivity contribution in [3.05, 3.63) is 47.1 Å². The van der Waals surface area contributed by atoms with Gasteiger partial charge in [0.05, 0.1) is 28.9 Å². The fourth-order valence-corrected chi connectivity index (χ4v) is 5.34. The molecule has 1 aliphatic carbocycles. The summed E-state index contributed by atoms with van der Waals surface area (Å²) < 4.78 is 5.30. The number of benzene rings is 2. The molecule has 7 heteroatoms. The van der Waals surface area contributed by atoms with Crippen molar-refractivity contribution in [3.8, 4) is 22.6 Å². The van der Waals surface area contributed by atoms with Crippen molar-refractivity contribution in [1.29, 1.82) is 0 Å². The molecule has 6 nitrogen and oxygen atoms in total. The van der Waals surface area contributed by atoms with Gasteiger partial charge in [-0.2, -0.15) is 0 Å². The topological polar surface area (TPSA) is 74.7 Å². The third-order valence-electron chi connectivity index (χ3n) is 7.06. The van der Waals surface area contributed by atoms with Gasteiger partial charge in [0.25, 0.3) is 0 Å². The number of fused-ring (bicyclic) bond motifs is 1. The van der Waals surface area contributed by atoms with E-state index in [-0.39, 0.29) is 22.5 Å². The zero-order valence-corrected chi connectivity index (χ0v) is 22.5. The zero-order valence-electron chi connectivity index (χ0n) is 21.8. The molecule has 2 N–H and O–H groups in total. The lowest BCUT2D eigenvalue weighted by Crippen LogP contribution is -2.31. The van der Waals surface area contributed by atoms with Crippen molar-refractivity contribution in [2.75, 3.05) is 33.1 Å². The van der Waals surface area contributed by atoms with E-state index >= 15 is 0 Å². The molecule has 36 heavy (non-hydrogen) atoms. The summed E-state index contributed by atoms with van der Waals surface area (Å²) in [6.45, 7) is 4.96. The fraction of sp³-hybridized carbons (Fsp3) is 0.448. The van der Waals surface area contributed by atoms with Gasteiger partial charge in [-0.25, -0.2) is 0 Å². The summed E-state index contributed by atoms with van der Waals surface area (Å²) in [5.41, 5.74) is 4.02. The van der Waals surface area contributed by atoms with E-state index in [2.05, 4.69) is 29.3 Å². The normalized spacial score (nSPS) is 18.1. The summed E-state index contributed by atoms with van der Waals surface area (Å²) >= 11 is 6.27. The second-order valence-electron chi connectivity index (χ2n) is 10.4. The SMILES string of the molecule is COc1cc(-c2ccc3ncc(C(=O)C(C)C)c(NC4CCC(CN(C)C)CC4)c3c2)cc(Cl)c1O. The number of Topliss-reactive ketones (excluding diaryl/α,β-unsaturated/α-hetero) is 1. The van der Waals surface area contributed by atoms with Crippen LogP contribution in [0.1, 0.15) is 49.9 Å². The number of methoxy groups -OCH3 is 1. The maximum atomic E-state index is 13.2. The second kappa shape index (κ2) is 11.1. The van der Waals surface area contributed by atoms with E-state index in [1.54, 1.807) is 18.3 Å². The van der Waals surface area contributed by atoms with E-state index in [4.69, 9.17) is 16.3 Å². The van der Waals surface area contributed by atoms with Crippen LogP contribution in [0.15, 0.2) is 36.5 Å². The average Bonchev–Trinajstić information content (AvgIpc) is 2.85. The molecule has 0 spiro atoms. The number of carbonyl (C=O) groups is 1. The first-order chi connectivity index (χ1) is 17.2. The second-order valence-corrected chi connectivity index (χ2v) is 10.8. The van der Waals surface area contributed by atoms with Crippen LogP contribution in [0.3, 0.4) is 0 Å². The summed E-state index contributed by atoms with van der Waals surface area (Å²) in [6, 6.07) is 9.76. The lowest BCUT2D eigenvalue weighted by Gasteiger charge is -2.32. The van der Waals surface area contributed by atoms with Crippen molar-refractivity contribution < 1.29 is 14.6 Å². The molecule has 4 rings (SSSR count). The molecule has 0 bridgehead atoms. The Labute approximate surface area is 218 Å². The van der Waals surface area contributed by atoms with Crippen molar-refractivity contribution in [2.45, 2.75) is 45.6 Å². The number of rotatable bonds is 8. The van der Waals surface area contributed by atoms with Gasteiger partial charge in [0.1, 0.15) is 0 Å². The number of aromatic hydroxyl groups is 1. The first kappa shape index (κ1) is 26.2. The van der Waals surface area contributed by atoms with Gasteiger partial charge in [-0.05, 0) is 81.1 Å². The number of nitrogens with one attached hydrogen (secondary N) is 1. The highest BCUT2D eigenvalue weighted by atomic mass is 35.5. The van der Waals surface area contributed by atoms with E-state index in [0.29, 0.717) is 23.3 Å². The molecule has 0 amide bonds. The summed E-state index contributed by atoms with van der Waals surface area (Å²) in [5, 5.41) is 15.0. The Kier molecular flexibility index (Phi) is 8.06. The number of ketones is 1. The lowest BCUT2D eigenvalue weighted by atomic mass is 9.85. The van der Waals surface area contributed by atoms with Crippen LogP contribution < -0.4 is 10.1 Å². The number of hydrogen-bond donors (Lipinski definition) is 2. The Bertz CT molecular complexity index is 1250. The van der Waals surface area contributed by atoms with Gasteiger partial charge in [-0.3, -0.25) is 9.78 Å². The van der Waals surface area contributed by atoms with E-state index in [9.17, 15) is 9.90 Å². The molecule has 192 valence electrons. The summed E-state index contributed by atoms with van der Waals surface area (Å²) in [7, 11) is 5.76. The molecule has 1 saturated carbocycles. The molecule has 1 aromatic heterocycles. The van der Waals surface area contributed by atoms with Crippen molar-refractivity contribution in [1.82, 2.24) is 9.88 Å². The smallest absolute Gasteiger partial charge is 0.176 e. The van der Waals surface area contributed by atoms with Crippen LogP contribution in [-0.2, 0) is 0 Å². The number of aromatic nitrogens is 1.